The Morgan fingerprint density at radius 2 is 1.96 bits per heavy atom. The molecular formula is C16H32N4O2S. The molecular weight excluding hydrogens is 312 g/mol. The van der Waals surface area contributed by atoms with E-state index in [4.69, 9.17) is 0 Å². The molecule has 2 aliphatic heterocycles. The van der Waals surface area contributed by atoms with Gasteiger partial charge in [0.05, 0.1) is 6.26 Å². The van der Waals surface area contributed by atoms with Crippen molar-refractivity contribution >= 4 is 16.0 Å². The van der Waals surface area contributed by atoms with Crippen molar-refractivity contribution in [2.75, 3.05) is 46.0 Å². The summed E-state index contributed by atoms with van der Waals surface area (Å²) in [5, 5.41) is 3.50. The smallest absolute Gasteiger partial charge is 0.211 e. The highest BCUT2D eigenvalue weighted by Gasteiger charge is 2.33. The number of sulfonamides is 1. The van der Waals surface area contributed by atoms with E-state index in [-0.39, 0.29) is 0 Å². The van der Waals surface area contributed by atoms with Crippen LogP contribution in [0.1, 0.15) is 39.5 Å². The summed E-state index contributed by atoms with van der Waals surface area (Å²) in [5.74, 6) is 1.51. The van der Waals surface area contributed by atoms with E-state index in [0.717, 1.165) is 38.4 Å². The van der Waals surface area contributed by atoms with Crippen LogP contribution in [0.2, 0.25) is 0 Å². The zero-order chi connectivity index (χ0) is 17.1. The van der Waals surface area contributed by atoms with Crippen LogP contribution in [0.15, 0.2) is 4.99 Å². The highest BCUT2D eigenvalue weighted by Crippen LogP contribution is 2.32. The first kappa shape index (κ1) is 18.5. The molecule has 0 aromatic carbocycles. The van der Waals surface area contributed by atoms with E-state index in [1.54, 1.807) is 4.31 Å². The van der Waals surface area contributed by atoms with Crippen LogP contribution in [0.4, 0.5) is 0 Å². The van der Waals surface area contributed by atoms with Crippen LogP contribution in [0, 0.1) is 11.3 Å². The van der Waals surface area contributed by atoms with Gasteiger partial charge in [0.15, 0.2) is 5.96 Å². The highest BCUT2D eigenvalue weighted by molar-refractivity contribution is 7.88. The largest absolute Gasteiger partial charge is 0.356 e. The molecule has 2 rings (SSSR count). The molecule has 0 bridgehead atoms. The Balaban J connectivity index is 1.79. The van der Waals surface area contributed by atoms with Crippen LogP contribution < -0.4 is 5.32 Å². The van der Waals surface area contributed by atoms with Crippen molar-refractivity contribution in [2.45, 2.75) is 39.5 Å². The lowest BCUT2D eigenvalue weighted by molar-refractivity contribution is 0.272. The van der Waals surface area contributed by atoms with E-state index in [0.29, 0.717) is 24.4 Å². The molecule has 0 radical (unpaired) electrons. The van der Waals surface area contributed by atoms with E-state index in [1.165, 1.54) is 19.1 Å². The Labute approximate surface area is 141 Å². The molecule has 6 nitrogen and oxygen atoms in total. The molecule has 2 aliphatic rings. The topological polar surface area (TPSA) is 65.0 Å². The summed E-state index contributed by atoms with van der Waals surface area (Å²) in [6.45, 7) is 8.90. The lowest BCUT2D eigenvalue weighted by atomic mass is 9.87. The van der Waals surface area contributed by atoms with Crippen molar-refractivity contribution in [1.82, 2.24) is 14.5 Å². The minimum atomic E-state index is -3.03. The van der Waals surface area contributed by atoms with Gasteiger partial charge in [-0.1, -0.05) is 13.8 Å². The van der Waals surface area contributed by atoms with Gasteiger partial charge in [0, 0.05) is 39.8 Å². The van der Waals surface area contributed by atoms with Crippen LogP contribution in [0.3, 0.4) is 0 Å². The zero-order valence-corrected chi connectivity index (χ0v) is 15.8. The maximum Gasteiger partial charge on any atom is 0.211 e. The molecule has 134 valence electrons. The molecule has 1 atom stereocenters. The Morgan fingerprint density at radius 3 is 2.43 bits per heavy atom. The van der Waals surface area contributed by atoms with Crippen molar-refractivity contribution in [2.24, 2.45) is 16.3 Å². The summed E-state index contributed by atoms with van der Waals surface area (Å²) in [7, 11) is -1.19. The van der Waals surface area contributed by atoms with Crippen LogP contribution in [0.25, 0.3) is 0 Å². The maximum absolute atomic E-state index is 11.6. The Kier molecular flexibility index (Phi) is 5.94. The number of hydrogen-bond acceptors (Lipinski definition) is 3. The number of nitrogens with zero attached hydrogens (tertiary/aromatic N) is 3. The van der Waals surface area contributed by atoms with Crippen LogP contribution >= 0.6 is 0 Å². The van der Waals surface area contributed by atoms with Gasteiger partial charge in [0.25, 0.3) is 0 Å². The van der Waals surface area contributed by atoms with Gasteiger partial charge in [-0.2, -0.15) is 0 Å². The zero-order valence-electron chi connectivity index (χ0n) is 15.0. The molecule has 0 saturated carbocycles. The van der Waals surface area contributed by atoms with E-state index in [2.05, 4.69) is 29.1 Å². The standard InChI is InChI=1S/C16H32N4O2S/c1-5-16(2)8-11-19(13-16)15(17-3)18-12-14-6-9-20(10-7-14)23(4,21)22/h14H,5-13H2,1-4H3,(H,17,18). The fourth-order valence-corrected chi connectivity index (χ4v) is 4.38. The van der Waals surface area contributed by atoms with E-state index >= 15 is 0 Å². The Morgan fingerprint density at radius 1 is 1.30 bits per heavy atom. The van der Waals surface area contributed by atoms with E-state index < -0.39 is 10.0 Å². The average molecular weight is 345 g/mol. The average Bonchev–Trinajstić information content (AvgIpc) is 2.91. The molecule has 0 aromatic rings. The summed E-state index contributed by atoms with van der Waals surface area (Å²) >= 11 is 0. The first-order chi connectivity index (χ1) is 10.8. The molecule has 0 amide bonds. The van der Waals surface area contributed by atoms with Gasteiger partial charge in [-0.05, 0) is 37.0 Å². The summed E-state index contributed by atoms with van der Waals surface area (Å²) in [6.07, 6.45) is 5.56. The normalized spacial score (nSPS) is 28.3. The number of rotatable bonds is 4. The highest BCUT2D eigenvalue weighted by atomic mass is 32.2. The van der Waals surface area contributed by atoms with Gasteiger partial charge in [-0.15, -0.1) is 0 Å². The number of guanidine groups is 1. The lowest BCUT2D eigenvalue weighted by Crippen LogP contribution is -2.45. The molecule has 0 spiro atoms. The second-order valence-corrected chi connectivity index (χ2v) is 9.35. The predicted molar refractivity (Wildman–Crippen MR) is 95.1 cm³/mol. The molecule has 0 aromatic heterocycles. The number of piperidine rings is 1. The van der Waals surface area contributed by atoms with Crippen LogP contribution in [-0.2, 0) is 10.0 Å². The van der Waals surface area contributed by atoms with Gasteiger partial charge in [-0.3, -0.25) is 4.99 Å². The molecule has 1 unspecified atom stereocenters. The Hall–Kier alpha value is -0.820. The summed E-state index contributed by atoms with van der Waals surface area (Å²) in [4.78, 5) is 6.79. The fraction of sp³-hybridized carbons (Fsp3) is 0.938. The van der Waals surface area contributed by atoms with Crippen molar-refractivity contribution in [3.63, 3.8) is 0 Å². The lowest BCUT2D eigenvalue weighted by Gasteiger charge is -2.31. The monoisotopic (exact) mass is 344 g/mol. The van der Waals surface area contributed by atoms with E-state index in [9.17, 15) is 8.42 Å². The fourth-order valence-electron chi connectivity index (χ4n) is 3.51. The van der Waals surface area contributed by atoms with Crippen molar-refractivity contribution in [3.05, 3.63) is 0 Å². The number of hydrogen-bond donors (Lipinski definition) is 1. The number of nitrogens with one attached hydrogen (secondary N) is 1. The third-order valence-electron chi connectivity index (χ3n) is 5.51. The van der Waals surface area contributed by atoms with Crippen LogP contribution in [0.5, 0.6) is 0 Å². The molecule has 1 N–H and O–H groups in total. The maximum atomic E-state index is 11.6. The summed E-state index contributed by atoms with van der Waals surface area (Å²) in [6, 6.07) is 0. The minimum absolute atomic E-state index is 0.401. The van der Waals surface area contributed by atoms with E-state index in [1.807, 2.05) is 7.05 Å². The van der Waals surface area contributed by atoms with Crippen molar-refractivity contribution < 1.29 is 8.42 Å². The summed E-state index contributed by atoms with van der Waals surface area (Å²) in [5.41, 5.74) is 0.401. The second-order valence-electron chi connectivity index (χ2n) is 7.37. The van der Waals surface area contributed by atoms with Crippen molar-refractivity contribution in [3.8, 4) is 0 Å². The first-order valence-electron chi connectivity index (χ1n) is 8.68. The third kappa shape index (κ3) is 4.83. The van der Waals surface area contributed by atoms with Gasteiger partial charge in [-0.25, -0.2) is 12.7 Å². The minimum Gasteiger partial charge on any atom is -0.356 e. The van der Waals surface area contributed by atoms with Gasteiger partial charge in [0.1, 0.15) is 0 Å². The number of aliphatic imine (C=N–C) groups is 1. The number of likely N-dealkylation sites (tertiary alicyclic amines) is 1. The van der Waals surface area contributed by atoms with Crippen LogP contribution in [-0.4, -0.2) is 69.6 Å². The quantitative estimate of drug-likeness (QED) is 0.618. The molecule has 0 aliphatic carbocycles. The molecule has 7 heteroatoms. The Bertz CT molecular complexity index is 526. The van der Waals surface area contributed by atoms with Gasteiger partial charge < -0.3 is 10.2 Å². The van der Waals surface area contributed by atoms with Crippen molar-refractivity contribution in [1.29, 1.82) is 0 Å². The molecule has 23 heavy (non-hydrogen) atoms. The molecule has 2 heterocycles. The van der Waals surface area contributed by atoms with Gasteiger partial charge >= 0.3 is 0 Å². The third-order valence-corrected chi connectivity index (χ3v) is 6.82. The first-order valence-corrected chi connectivity index (χ1v) is 10.5. The molecule has 2 saturated heterocycles. The second kappa shape index (κ2) is 7.38. The predicted octanol–water partition coefficient (Wildman–Crippen LogP) is 1.36. The SMILES string of the molecule is CCC1(C)CCN(C(=NC)NCC2CCN(S(C)(=O)=O)CC2)C1. The molecule has 2 fully saturated rings. The van der Waals surface area contributed by atoms with Gasteiger partial charge in [0.2, 0.25) is 10.0 Å². The summed E-state index contributed by atoms with van der Waals surface area (Å²) < 4.78 is 24.7.